The van der Waals surface area contributed by atoms with E-state index in [9.17, 15) is 0 Å². The van der Waals surface area contributed by atoms with Gasteiger partial charge in [0.25, 0.3) is 0 Å². The molecule has 0 amide bonds. The van der Waals surface area contributed by atoms with Gasteiger partial charge in [0.1, 0.15) is 0 Å². The van der Waals surface area contributed by atoms with Crippen molar-refractivity contribution >= 4 is 30.9 Å². The van der Waals surface area contributed by atoms with Crippen molar-refractivity contribution in [2.24, 2.45) is 5.92 Å². The Morgan fingerprint density at radius 1 is 1.10 bits per heavy atom. The first-order valence-corrected chi connectivity index (χ1v) is 6.82. The van der Waals surface area contributed by atoms with E-state index in [1.165, 1.54) is 16.7 Å². The molecule has 3 heteroatoms. The number of hydrogen-bond donors (Lipinski definition) is 0. The first-order valence-electron chi connectivity index (χ1n) is 6.82. The summed E-state index contributed by atoms with van der Waals surface area (Å²) in [7, 11) is 0. The second kappa shape index (κ2) is 8.51. The second-order valence-corrected chi connectivity index (χ2v) is 5.57. The van der Waals surface area contributed by atoms with Crippen LogP contribution in [0.25, 0.3) is 6.08 Å². The quantitative estimate of drug-likeness (QED) is 0.591. The number of aryl methyl sites for hydroxylation is 2. The molecule has 2 aliphatic rings. The van der Waals surface area contributed by atoms with Crippen molar-refractivity contribution in [2.75, 3.05) is 0 Å². The third kappa shape index (κ3) is 3.81. The Morgan fingerprint density at radius 2 is 1.76 bits per heavy atom. The molecular weight excluding hydrogens is 378 g/mol. The molecular formula is C18H22Cl2Zr. The topological polar surface area (TPSA) is 0 Å². The molecule has 0 fully saturated rings. The molecule has 3 rings (SSSR count). The predicted octanol–water partition coefficient (Wildman–Crippen LogP) is 5.78. The van der Waals surface area contributed by atoms with E-state index in [0.29, 0.717) is 11.8 Å². The van der Waals surface area contributed by atoms with Crippen LogP contribution in [0.15, 0.2) is 42.0 Å². The average Bonchev–Trinajstić information content (AvgIpc) is 3.01. The smallest absolute Gasteiger partial charge is 0.00930 e. The van der Waals surface area contributed by atoms with Crippen molar-refractivity contribution in [3.63, 3.8) is 0 Å². The summed E-state index contributed by atoms with van der Waals surface area (Å²) in [6, 6.07) is 4.50. The number of rotatable bonds is 2. The van der Waals surface area contributed by atoms with Gasteiger partial charge in [0, 0.05) is 32.1 Å². The number of allylic oxidation sites excluding steroid dienone is 5. The molecule has 0 aliphatic heterocycles. The van der Waals surface area contributed by atoms with Gasteiger partial charge in [0.15, 0.2) is 0 Å². The Hall–Kier alpha value is -0.0969. The zero-order valence-electron chi connectivity index (χ0n) is 12.7. The van der Waals surface area contributed by atoms with E-state index in [1.54, 1.807) is 11.1 Å². The van der Waals surface area contributed by atoms with Crippen LogP contribution in [0.3, 0.4) is 0 Å². The number of hydrogen-bond acceptors (Lipinski definition) is 0. The summed E-state index contributed by atoms with van der Waals surface area (Å²) >= 11 is 0. The molecule has 21 heavy (non-hydrogen) atoms. The standard InChI is InChI=1S/C18H20.2ClH.Zr/c1-12-8-9-13(2)18-16(12)10-11-17(18)14(3)15-6-4-5-7-15;;;/h4-6,8-11,14,17H,7H2,1-3H3;2*1H;. The fourth-order valence-electron chi connectivity index (χ4n) is 3.26. The van der Waals surface area contributed by atoms with Crippen molar-refractivity contribution in [1.29, 1.82) is 0 Å². The molecule has 1 aromatic carbocycles. The van der Waals surface area contributed by atoms with Crippen molar-refractivity contribution in [3.8, 4) is 0 Å². The Labute approximate surface area is 159 Å². The van der Waals surface area contributed by atoms with Crippen LogP contribution in [0, 0.1) is 19.8 Å². The zero-order chi connectivity index (χ0) is 12.7. The predicted molar refractivity (Wildman–Crippen MR) is 93.2 cm³/mol. The SMILES string of the molecule is Cc1ccc(C)c2c1C=CC2C(C)C1=CC=CC1.Cl.Cl.[Zr]. The zero-order valence-corrected chi connectivity index (χ0v) is 16.8. The third-order valence-corrected chi connectivity index (χ3v) is 4.45. The Balaban J connectivity index is 0.00000133. The Bertz CT molecular complexity index is 585. The van der Waals surface area contributed by atoms with Crippen molar-refractivity contribution < 1.29 is 26.2 Å². The van der Waals surface area contributed by atoms with Gasteiger partial charge in [-0.2, -0.15) is 0 Å². The minimum Gasteiger partial charge on any atom is -0.147 e. The summed E-state index contributed by atoms with van der Waals surface area (Å²) in [6.07, 6.45) is 12.6. The van der Waals surface area contributed by atoms with Crippen molar-refractivity contribution in [1.82, 2.24) is 0 Å². The van der Waals surface area contributed by atoms with Crippen LogP contribution in [0.5, 0.6) is 0 Å². The molecule has 0 radical (unpaired) electrons. The Kier molecular flexibility index (Phi) is 8.47. The van der Waals surface area contributed by atoms with E-state index < -0.39 is 0 Å². The van der Waals surface area contributed by atoms with Gasteiger partial charge >= 0.3 is 0 Å². The second-order valence-electron chi connectivity index (χ2n) is 5.57. The van der Waals surface area contributed by atoms with Gasteiger partial charge in [0.2, 0.25) is 0 Å². The molecule has 0 aromatic heterocycles. The molecule has 0 bridgehead atoms. The van der Waals surface area contributed by atoms with E-state index in [-0.39, 0.29) is 51.0 Å². The summed E-state index contributed by atoms with van der Waals surface area (Å²) in [5, 5.41) is 0. The fraction of sp³-hybridized carbons (Fsp3) is 0.333. The monoisotopic (exact) mass is 398 g/mol. The van der Waals surface area contributed by atoms with Gasteiger partial charge < -0.3 is 0 Å². The van der Waals surface area contributed by atoms with E-state index in [1.807, 2.05) is 0 Å². The first kappa shape index (κ1) is 20.9. The Morgan fingerprint density at radius 3 is 2.38 bits per heavy atom. The van der Waals surface area contributed by atoms with Crippen LogP contribution in [0.4, 0.5) is 0 Å². The summed E-state index contributed by atoms with van der Waals surface area (Å²) in [4.78, 5) is 0. The molecule has 2 unspecified atom stereocenters. The average molecular weight is 401 g/mol. The normalized spacial score (nSPS) is 19.0. The minimum absolute atomic E-state index is 0. The maximum atomic E-state index is 2.40. The molecule has 2 aliphatic carbocycles. The van der Waals surface area contributed by atoms with Crippen LogP contribution >= 0.6 is 24.8 Å². The maximum Gasteiger partial charge on any atom is 0.00930 e. The summed E-state index contributed by atoms with van der Waals surface area (Å²) in [5.41, 5.74) is 7.41. The van der Waals surface area contributed by atoms with Crippen LogP contribution in [0.1, 0.15) is 41.5 Å². The van der Waals surface area contributed by atoms with E-state index in [0.717, 1.165) is 6.42 Å². The summed E-state index contributed by atoms with van der Waals surface area (Å²) < 4.78 is 0. The van der Waals surface area contributed by atoms with Crippen molar-refractivity contribution in [3.05, 3.63) is 64.3 Å². The molecule has 112 valence electrons. The van der Waals surface area contributed by atoms with E-state index in [4.69, 9.17) is 0 Å². The molecule has 0 spiro atoms. The van der Waals surface area contributed by atoms with E-state index >= 15 is 0 Å². The molecule has 0 heterocycles. The fourth-order valence-corrected chi connectivity index (χ4v) is 3.26. The van der Waals surface area contributed by atoms with Crippen molar-refractivity contribution in [2.45, 2.75) is 33.1 Å². The molecule has 2 atom stereocenters. The summed E-state index contributed by atoms with van der Waals surface area (Å²) in [5.74, 6) is 1.17. The largest absolute Gasteiger partial charge is 0.147 e. The maximum absolute atomic E-state index is 2.40. The van der Waals surface area contributed by atoms with Crippen LogP contribution < -0.4 is 0 Å². The van der Waals surface area contributed by atoms with Gasteiger partial charge in [-0.05, 0) is 48.4 Å². The molecule has 0 saturated carbocycles. The summed E-state index contributed by atoms with van der Waals surface area (Å²) in [6.45, 7) is 6.82. The third-order valence-electron chi connectivity index (χ3n) is 4.45. The molecule has 0 saturated heterocycles. The van der Waals surface area contributed by atoms with Gasteiger partial charge in [-0.15, -0.1) is 24.8 Å². The van der Waals surface area contributed by atoms with Crippen LogP contribution in [-0.4, -0.2) is 0 Å². The molecule has 0 nitrogen and oxygen atoms in total. The minimum atomic E-state index is 0. The molecule has 0 N–H and O–H groups in total. The van der Waals surface area contributed by atoms with E-state index in [2.05, 4.69) is 63.3 Å². The van der Waals surface area contributed by atoms with Gasteiger partial charge in [-0.25, -0.2) is 0 Å². The first-order chi connectivity index (χ1) is 8.68. The van der Waals surface area contributed by atoms with Gasteiger partial charge in [0.05, 0.1) is 0 Å². The number of fused-ring (bicyclic) bond motifs is 1. The molecule has 1 aromatic rings. The van der Waals surface area contributed by atoms with Crippen LogP contribution in [0.2, 0.25) is 0 Å². The number of benzene rings is 1. The van der Waals surface area contributed by atoms with Crippen LogP contribution in [-0.2, 0) is 26.2 Å². The van der Waals surface area contributed by atoms with Gasteiger partial charge in [-0.1, -0.05) is 55.0 Å². The van der Waals surface area contributed by atoms with Gasteiger partial charge in [-0.3, -0.25) is 0 Å². The number of halogens is 2.